The van der Waals surface area contributed by atoms with Gasteiger partial charge in [-0.25, -0.2) is 4.98 Å². The van der Waals surface area contributed by atoms with Gasteiger partial charge in [0, 0.05) is 25.1 Å². The van der Waals surface area contributed by atoms with Gasteiger partial charge in [0.05, 0.1) is 51.4 Å². The second-order valence-electron chi connectivity index (χ2n) is 6.33. The third-order valence-electron chi connectivity index (χ3n) is 4.59. The topological polar surface area (TPSA) is 101 Å². The van der Waals surface area contributed by atoms with Crippen molar-refractivity contribution >= 4 is 22.5 Å². The van der Waals surface area contributed by atoms with Crippen LogP contribution in [0.5, 0.6) is 23.0 Å². The van der Waals surface area contributed by atoms with Crippen LogP contribution in [0.15, 0.2) is 41.5 Å². The predicted octanol–water partition coefficient (Wildman–Crippen LogP) is 2.46. The average molecular weight is 413 g/mol. The number of hydrogen-bond acceptors (Lipinski definition) is 7. The quantitative estimate of drug-likeness (QED) is 0.605. The minimum atomic E-state index is -0.277. The smallest absolute Gasteiger partial charge is 0.261 e. The minimum absolute atomic E-state index is 0.0702. The first-order valence-corrected chi connectivity index (χ1v) is 9.13. The largest absolute Gasteiger partial charge is 0.497 e. The lowest BCUT2D eigenvalue weighted by Gasteiger charge is -2.12. The van der Waals surface area contributed by atoms with E-state index >= 15 is 0 Å². The molecule has 9 nitrogen and oxygen atoms in total. The van der Waals surface area contributed by atoms with Crippen LogP contribution in [-0.2, 0) is 11.3 Å². The van der Waals surface area contributed by atoms with Gasteiger partial charge in [-0.1, -0.05) is 0 Å². The summed E-state index contributed by atoms with van der Waals surface area (Å²) in [5, 5.41) is 3.16. The summed E-state index contributed by atoms with van der Waals surface area (Å²) >= 11 is 0. The van der Waals surface area contributed by atoms with E-state index in [4.69, 9.17) is 18.9 Å². The van der Waals surface area contributed by atoms with Crippen LogP contribution in [0.1, 0.15) is 6.42 Å². The molecular formula is C21H23N3O6. The number of amides is 1. The number of ether oxygens (including phenoxy) is 4. The third-order valence-corrected chi connectivity index (χ3v) is 4.59. The van der Waals surface area contributed by atoms with E-state index in [0.717, 1.165) is 0 Å². The molecule has 1 N–H and O–H groups in total. The number of carbonyl (C=O) groups is 1. The molecule has 0 saturated carbocycles. The Morgan fingerprint density at radius 3 is 2.33 bits per heavy atom. The van der Waals surface area contributed by atoms with E-state index in [0.29, 0.717) is 39.6 Å². The second-order valence-corrected chi connectivity index (χ2v) is 6.33. The molecule has 0 fully saturated rings. The number of nitrogens with zero attached hydrogens (tertiary/aromatic N) is 2. The highest BCUT2D eigenvalue weighted by Crippen LogP contribution is 2.30. The number of hydrogen-bond donors (Lipinski definition) is 1. The Morgan fingerprint density at radius 1 is 0.967 bits per heavy atom. The van der Waals surface area contributed by atoms with Crippen LogP contribution in [0.4, 0.5) is 5.69 Å². The molecule has 0 aliphatic rings. The number of fused-ring (bicyclic) bond motifs is 1. The van der Waals surface area contributed by atoms with Gasteiger partial charge in [0.1, 0.15) is 11.5 Å². The SMILES string of the molecule is COc1ccc(OC)c(NC(=O)CCn2cnc3cc(OC)c(OC)cc3c2=O)c1. The molecular weight excluding hydrogens is 390 g/mol. The second kappa shape index (κ2) is 9.17. The Morgan fingerprint density at radius 2 is 1.67 bits per heavy atom. The van der Waals surface area contributed by atoms with Crippen molar-refractivity contribution in [3.63, 3.8) is 0 Å². The number of aromatic nitrogens is 2. The van der Waals surface area contributed by atoms with Crippen molar-refractivity contribution in [3.05, 3.63) is 47.0 Å². The van der Waals surface area contributed by atoms with Crippen LogP contribution in [0.3, 0.4) is 0 Å². The van der Waals surface area contributed by atoms with E-state index < -0.39 is 0 Å². The Bertz CT molecular complexity index is 1130. The Hall–Kier alpha value is -3.75. The van der Waals surface area contributed by atoms with Gasteiger partial charge in [-0.3, -0.25) is 14.2 Å². The van der Waals surface area contributed by atoms with Gasteiger partial charge in [0.25, 0.3) is 5.56 Å². The molecule has 158 valence electrons. The van der Waals surface area contributed by atoms with Crippen LogP contribution < -0.4 is 29.8 Å². The van der Waals surface area contributed by atoms with Gasteiger partial charge in [-0.15, -0.1) is 0 Å². The maximum atomic E-state index is 12.8. The van der Waals surface area contributed by atoms with Gasteiger partial charge >= 0.3 is 0 Å². The lowest BCUT2D eigenvalue weighted by Crippen LogP contribution is -2.23. The fourth-order valence-electron chi connectivity index (χ4n) is 2.99. The summed E-state index contributed by atoms with van der Waals surface area (Å²) in [7, 11) is 6.06. The van der Waals surface area contributed by atoms with Crippen molar-refractivity contribution < 1.29 is 23.7 Å². The Labute approximate surface area is 173 Å². The third kappa shape index (κ3) is 4.29. The molecule has 1 aromatic heterocycles. The summed E-state index contributed by atoms with van der Waals surface area (Å²) < 4.78 is 22.3. The minimum Gasteiger partial charge on any atom is -0.497 e. The lowest BCUT2D eigenvalue weighted by molar-refractivity contribution is -0.116. The summed E-state index contributed by atoms with van der Waals surface area (Å²) in [6, 6.07) is 8.33. The number of anilines is 1. The van der Waals surface area contributed by atoms with Gasteiger partial charge in [0.2, 0.25) is 5.91 Å². The molecule has 3 aromatic rings. The summed E-state index contributed by atoms with van der Waals surface area (Å²) in [5.74, 6) is 1.74. The highest BCUT2D eigenvalue weighted by atomic mass is 16.5. The van der Waals surface area contributed by atoms with E-state index in [-0.39, 0.29) is 24.4 Å². The fraction of sp³-hybridized carbons (Fsp3) is 0.286. The van der Waals surface area contributed by atoms with E-state index in [1.165, 1.54) is 39.3 Å². The molecule has 0 aliphatic heterocycles. The highest BCUT2D eigenvalue weighted by Gasteiger charge is 2.13. The van der Waals surface area contributed by atoms with Crippen molar-refractivity contribution in [1.29, 1.82) is 0 Å². The number of aryl methyl sites for hydroxylation is 1. The van der Waals surface area contributed by atoms with Crippen LogP contribution in [0.25, 0.3) is 10.9 Å². The lowest BCUT2D eigenvalue weighted by atomic mass is 10.2. The molecule has 0 radical (unpaired) electrons. The molecule has 1 heterocycles. The standard InChI is InChI=1S/C21H23N3O6/c1-27-13-5-6-17(28-2)16(9-13)23-20(25)7-8-24-12-22-15-11-19(30-4)18(29-3)10-14(15)21(24)26/h5-6,9-12H,7-8H2,1-4H3,(H,23,25). The van der Waals surface area contributed by atoms with E-state index in [9.17, 15) is 9.59 Å². The van der Waals surface area contributed by atoms with Crippen LogP contribution in [-0.4, -0.2) is 43.9 Å². The van der Waals surface area contributed by atoms with E-state index in [1.807, 2.05) is 0 Å². The van der Waals surface area contributed by atoms with Crippen LogP contribution in [0, 0.1) is 0 Å². The summed E-state index contributed by atoms with van der Waals surface area (Å²) in [5.41, 5.74) is 0.704. The molecule has 9 heteroatoms. The Kier molecular flexibility index (Phi) is 6.41. The number of methoxy groups -OCH3 is 4. The number of rotatable bonds is 8. The first-order valence-electron chi connectivity index (χ1n) is 9.13. The maximum Gasteiger partial charge on any atom is 0.261 e. The highest BCUT2D eigenvalue weighted by molar-refractivity contribution is 5.92. The molecule has 0 bridgehead atoms. The molecule has 1 amide bonds. The van der Waals surface area contributed by atoms with Gasteiger partial charge in [0.15, 0.2) is 11.5 Å². The first kappa shape index (κ1) is 21.0. The molecule has 3 rings (SSSR count). The van der Waals surface area contributed by atoms with Crippen LogP contribution in [0.2, 0.25) is 0 Å². The van der Waals surface area contributed by atoms with Crippen molar-refractivity contribution in [2.45, 2.75) is 13.0 Å². The van der Waals surface area contributed by atoms with Crippen molar-refractivity contribution in [2.24, 2.45) is 0 Å². The molecule has 0 unspecified atom stereocenters. The van der Waals surface area contributed by atoms with Crippen molar-refractivity contribution in [1.82, 2.24) is 9.55 Å². The van der Waals surface area contributed by atoms with Crippen molar-refractivity contribution in [2.75, 3.05) is 33.8 Å². The van der Waals surface area contributed by atoms with Crippen molar-refractivity contribution in [3.8, 4) is 23.0 Å². The fourth-order valence-corrected chi connectivity index (χ4v) is 2.99. The summed E-state index contributed by atoms with van der Waals surface area (Å²) in [6.07, 6.45) is 1.48. The van der Waals surface area contributed by atoms with Gasteiger partial charge in [-0.2, -0.15) is 0 Å². The normalized spacial score (nSPS) is 10.5. The van der Waals surface area contributed by atoms with Gasteiger partial charge < -0.3 is 24.3 Å². The zero-order valence-electron chi connectivity index (χ0n) is 17.2. The molecule has 0 aliphatic carbocycles. The molecule has 0 atom stereocenters. The number of nitrogens with one attached hydrogen (secondary N) is 1. The van der Waals surface area contributed by atoms with E-state index in [1.54, 1.807) is 30.3 Å². The van der Waals surface area contributed by atoms with Gasteiger partial charge in [-0.05, 0) is 18.2 Å². The number of benzene rings is 2. The summed E-state index contributed by atoms with van der Waals surface area (Å²) in [4.78, 5) is 29.5. The average Bonchev–Trinajstić information content (AvgIpc) is 2.77. The maximum absolute atomic E-state index is 12.8. The summed E-state index contributed by atoms with van der Waals surface area (Å²) in [6.45, 7) is 0.161. The monoisotopic (exact) mass is 413 g/mol. The molecule has 30 heavy (non-hydrogen) atoms. The molecule has 0 spiro atoms. The Balaban J connectivity index is 1.78. The first-order chi connectivity index (χ1) is 14.5. The predicted molar refractivity (Wildman–Crippen MR) is 112 cm³/mol. The molecule has 0 saturated heterocycles. The zero-order valence-corrected chi connectivity index (χ0v) is 17.2. The van der Waals surface area contributed by atoms with E-state index in [2.05, 4.69) is 10.3 Å². The molecule has 2 aromatic carbocycles. The van der Waals surface area contributed by atoms with Crippen LogP contribution >= 0.6 is 0 Å². The zero-order chi connectivity index (χ0) is 21.7. The number of carbonyl (C=O) groups excluding carboxylic acids is 1.